The van der Waals surface area contributed by atoms with E-state index in [1.807, 2.05) is 18.2 Å². The van der Waals surface area contributed by atoms with E-state index in [4.69, 9.17) is 9.47 Å². The van der Waals surface area contributed by atoms with E-state index in [9.17, 15) is 27.0 Å². The molecule has 10 nitrogen and oxygen atoms in total. The molecule has 0 amide bonds. The SMILES string of the molecule is CCC(C)(C)NCc1ccc(-c2cccc(S(=O)(=O)N3CCC4(CC3)C[C@H](CC[C@H](O)COc3cccc(S(=O)(=O)C5(CO)CC5)c3)CO4)c2)cc1. The standard InChI is InChI=1S/C40H54N2O8S2/c1-4-38(2,3)41-26-30-11-14-32(15-12-30)33-7-5-10-37(23-33)52(47,48)42-21-19-39(20-22-42)25-31(27-50-39)13-16-34(44)28-49-35-8-6-9-36(24-35)51(45,46)40(29-43)17-18-40/h5-12,14-15,23-24,31,34,41,43-44H,4,13,16-22,25-29H2,1-3H3/t31-,34-/m0/s1. The van der Waals surface area contributed by atoms with Crippen molar-refractivity contribution in [1.82, 2.24) is 9.62 Å². The maximum Gasteiger partial charge on any atom is 0.243 e. The minimum Gasteiger partial charge on any atom is -0.491 e. The average Bonchev–Trinajstić information content (AvgIpc) is 3.88. The number of hydrogen-bond donors (Lipinski definition) is 3. The van der Waals surface area contributed by atoms with E-state index in [0.29, 0.717) is 62.4 Å². The van der Waals surface area contributed by atoms with Gasteiger partial charge in [0.2, 0.25) is 10.0 Å². The fraction of sp³-hybridized carbons (Fsp3) is 0.550. The Morgan fingerprint density at radius 3 is 2.31 bits per heavy atom. The zero-order chi connectivity index (χ0) is 37.2. The van der Waals surface area contributed by atoms with Crippen molar-refractivity contribution in [3.63, 3.8) is 0 Å². The predicted octanol–water partition coefficient (Wildman–Crippen LogP) is 5.71. The lowest BCUT2D eigenvalue weighted by Crippen LogP contribution is -2.46. The molecule has 1 spiro atoms. The van der Waals surface area contributed by atoms with Crippen LogP contribution in [0.2, 0.25) is 0 Å². The summed E-state index contributed by atoms with van der Waals surface area (Å²) in [4.78, 5) is 0.413. The Kier molecular flexibility index (Phi) is 11.6. The topological polar surface area (TPSA) is 142 Å². The van der Waals surface area contributed by atoms with Crippen molar-refractivity contribution in [2.24, 2.45) is 5.92 Å². The number of sulfonamides is 1. The fourth-order valence-corrected chi connectivity index (χ4v) is 10.5. The van der Waals surface area contributed by atoms with E-state index in [-0.39, 0.29) is 28.6 Å². The molecule has 3 N–H and O–H groups in total. The molecule has 12 heteroatoms. The molecule has 6 rings (SSSR count). The van der Waals surface area contributed by atoms with Gasteiger partial charge in [-0.1, -0.05) is 49.4 Å². The lowest BCUT2D eigenvalue weighted by atomic mass is 9.84. The van der Waals surface area contributed by atoms with Crippen LogP contribution in [0.15, 0.2) is 82.6 Å². The minimum atomic E-state index is -3.68. The molecule has 3 aromatic rings. The number of piperidine rings is 1. The summed E-state index contributed by atoms with van der Waals surface area (Å²) < 4.78 is 66.0. The van der Waals surface area contributed by atoms with Gasteiger partial charge in [-0.2, -0.15) is 4.31 Å². The molecule has 2 aliphatic heterocycles. The molecular formula is C40H54N2O8S2. The molecule has 2 saturated heterocycles. The summed E-state index contributed by atoms with van der Waals surface area (Å²) in [6.07, 6.45) is 4.49. The van der Waals surface area contributed by atoms with Crippen molar-refractivity contribution in [1.29, 1.82) is 0 Å². The Balaban J connectivity index is 0.967. The van der Waals surface area contributed by atoms with Crippen LogP contribution in [0.3, 0.4) is 0 Å². The Morgan fingerprint density at radius 2 is 1.63 bits per heavy atom. The number of nitrogens with one attached hydrogen (secondary N) is 1. The summed E-state index contributed by atoms with van der Waals surface area (Å²) in [5.74, 6) is 0.607. The highest BCUT2D eigenvalue weighted by Gasteiger charge is 2.54. The van der Waals surface area contributed by atoms with E-state index in [2.05, 4.69) is 38.2 Å². The van der Waals surface area contributed by atoms with Gasteiger partial charge >= 0.3 is 0 Å². The fourth-order valence-electron chi connectivity index (χ4n) is 7.21. The van der Waals surface area contributed by atoms with Crippen LogP contribution in [-0.4, -0.2) is 86.3 Å². The van der Waals surface area contributed by atoms with Crippen molar-refractivity contribution >= 4 is 19.9 Å². The lowest BCUT2D eigenvalue weighted by Gasteiger charge is -2.38. The van der Waals surface area contributed by atoms with Crippen LogP contribution in [0, 0.1) is 5.92 Å². The molecule has 0 aromatic heterocycles. The largest absolute Gasteiger partial charge is 0.491 e. The monoisotopic (exact) mass is 754 g/mol. The summed E-state index contributed by atoms with van der Waals surface area (Å²) in [7, 11) is -7.34. The van der Waals surface area contributed by atoms with Crippen LogP contribution in [0.4, 0.5) is 0 Å². The highest BCUT2D eigenvalue weighted by atomic mass is 32.2. The van der Waals surface area contributed by atoms with Gasteiger partial charge in [-0.25, -0.2) is 16.8 Å². The van der Waals surface area contributed by atoms with Crippen molar-refractivity contribution in [2.75, 3.05) is 32.9 Å². The molecule has 284 valence electrons. The zero-order valence-electron chi connectivity index (χ0n) is 30.6. The summed E-state index contributed by atoms with van der Waals surface area (Å²) in [6.45, 7) is 8.29. The molecule has 2 atom stereocenters. The van der Waals surface area contributed by atoms with Gasteiger partial charge in [0.05, 0.1) is 39.5 Å². The van der Waals surface area contributed by atoms with Crippen LogP contribution < -0.4 is 10.1 Å². The highest BCUT2D eigenvalue weighted by molar-refractivity contribution is 7.93. The Bertz CT molecular complexity index is 1900. The van der Waals surface area contributed by atoms with Crippen LogP contribution in [0.25, 0.3) is 11.1 Å². The van der Waals surface area contributed by atoms with Gasteiger partial charge in [0.1, 0.15) is 12.4 Å². The smallest absolute Gasteiger partial charge is 0.243 e. The first-order valence-electron chi connectivity index (χ1n) is 18.5. The first-order valence-corrected chi connectivity index (χ1v) is 21.5. The summed E-state index contributed by atoms with van der Waals surface area (Å²) in [6, 6.07) is 21.7. The summed E-state index contributed by atoms with van der Waals surface area (Å²) in [5.41, 5.74) is 2.72. The van der Waals surface area contributed by atoms with Crippen molar-refractivity contribution in [3.05, 3.63) is 78.4 Å². The number of aliphatic hydroxyl groups is 2. The van der Waals surface area contributed by atoms with Crippen LogP contribution in [0.1, 0.15) is 77.7 Å². The molecule has 3 fully saturated rings. The third-order valence-electron chi connectivity index (χ3n) is 11.5. The molecular weight excluding hydrogens is 701 g/mol. The van der Waals surface area contributed by atoms with E-state index in [1.54, 1.807) is 34.6 Å². The predicted molar refractivity (Wildman–Crippen MR) is 201 cm³/mol. The molecule has 0 unspecified atom stereocenters. The third-order valence-corrected chi connectivity index (χ3v) is 15.9. The Morgan fingerprint density at radius 1 is 0.942 bits per heavy atom. The number of hydrogen-bond acceptors (Lipinski definition) is 9. The van der Waals surface area contributed by atoms with E-state index in [1.165, 1.54) is 17.7 Å². The second kappa shape index (κ2) is 15.5. The highest BCUT2D eigenvalue weighted by Crippen LogP contribution is 2.47. The molecule has 1 saturated carbocycles. The van der Waals surface area contributed by atoms with Crippen LogP contribution in [0.5, 0.6) is 5.75 Å². The molecule has 2 heterocycles. The van der Waals surface area contributed by atoms with Gasteiger partial charge in [0, 0.05) is 25.2 Å². The maximum atomic E-state index is 13.8. The summed E-state index contributed by atoms with van der Waals surface area (Å²) in [5, 5.41) is 23.9. The van der Waals surface area contributed by atoms with Gasteiger partial charge in [-0.05, 0) is 118 Å². The molecule has 1 aliphatic carbocycles. The third kappa shape index (κ3) is 8.59. The second-order valence-corrected chi connectivity index (χ2v) is 19.9. The average molecular weight is 755 g/mol. The molecule has 3 aliphatic rings. The number of aliphatic hydroxyl groups excluding tert-OH is 2. The van der Waals surface area contributed by atoms with Crippen LogP contribution >= 0.6 is 0 Å². The number of nitrogens with zero attached hydrogens (tertiary/aromatic N) is 1. The molecule has 3 aromatic carbocycles. The number of sulfone groups is 1. The molecule has 52 heavy (non-hydrogen) atoms. The second-order valence-electron chi connectivity index (χ2n) is 15.6. The normalized spacial score (nSPS) is 20.9. The van der Waals surface area contributed by atoms with Crippen molar-refractivity contribution < 1.29 is 36.5 Å². The van der Waals surface area contributed by atoms with E-state index < -0.39 is 37.3 Å². The molecule has 0 radical (unpaired) electrons. The quantitative estimate of drug-likeness (QED) is 0.168. The maximum absolute atomic E-state index is 13.8. The first kappa shape index (κ1) is 38.9. The van der Waals surface area contributed by atoms with Gasteiger partial charge in [0.15, 0.2) is 9.84 Å². The van der Waals surface area contributed by atoms with Crippen molar-refractivity contribution in [3.8, 4) is 16.9 Å². The van der Waals surface area contributed by atoms with Gasteiger partial charge in [0.25, 0.3) is 0 Å². The zero-order valence-corrected chi connectivity index (χ0v) is 32.2. The number of ether oxygens (including phenoxy) is 2. The summed E-state index contributed by atoms with van der Waals surface area (Å²) >= 11 is 0. The Labute approximate surface area is 309 Å². The van der Waals surface area contributed by atoms with E-state index >= 15 is 0 Å². The van der Waals surface area contributed by atoms with Gasteiger partial charge < -0.3 is 25.0 Å². The Hall–Kier alpha value is -2.84. The van der Waals surface area contributed by atoms with Gasteiger partial charge in [-0.3, -0.25) is 0 Å². The molecule has 0 bridgehead atoms. The number of benzene rings is 3. The van der Waals surface area contributed by atoms with E-state index in [0.717, 1.165) is 36.9 Å². The number of rotatable bonds is 16. The van der Waals surface area contributed by atoms with Gasteiger partial charge in [-0.15, -0.1) is 0 Å². The first-order chi connectivity index (χ1) is 24.7. The minimum absolute atomic E-state index is 0.0295. The lowest BCUT2D eigenvalue weighted by molar-refractivity contribution is -0.0314. The van der Waals surface area contributed by atoms with Crippen LogP contribution in [-0.2, 0) is 31.1 Å². The van der Waals surface area contributed by atoms with Crippen molar-refractivity contribution in [2.45, 2.75) is 110 Å².